The van der Waals surface area contributed by atoms with Gasteiger partial charge in [0.05, 0.1) is 0 Å². The van der Waals surface area contributed by atoms with Crippen molar-refractivity contribution in [3.63, 3.8) is 0 Å². The Labute approximate surface area is 117 Å². The summed E-state index contributed by atoms with van der Waals surface area (Å²) >= 11 is 0. The van der Waals surface area contributed by atoms with Crippen LogP contribution < -0.4 is 5.32 Å². The number of nitrogens with zero attached hydrogens (tertiary/aromatic N) is 2. The zero-order valence-electron chi connectivity index (χ0n) is 11.5. The summed E-state index contributed by atoms with van der Waals surface area (Å²) in [5.41, 5.74) is 1.64. The summed E-state index contributed by atoms with van der Waals surface area (Å²) < 4.78 is 18.4. The Hall–Kier alpha value is -1.75. The van der Waals surface area contributed by atoms with Crippen molar-refractivity contribution in [2.24, 2.45) is 5.92 Å². The number of nitrogens with one attached hydrogen (secondary N) is 1. The second kappa shape index (κ2) is 5.71. The highest BCUT2D eigenvalue weighted by Crippen LogP contribution is 2.23. The maximum absolute atomic E-state index is 13.1. The summed E-state index contributed by atoms with van der Waals surface area (Å²) in [7, 11) is 0. The lowest BCUT2D eigenvalue weighted by atomic mass is 9.95. The number of benzene rings is 1. The van der Waals surface area contributed by atoms with Gasteiger partial charge in [0, 0.05) is 12.0 Å². The van der Waals surface area contributed by atoms with Crippen molar-refractivity contribution in [2.45, 2.75) is 26.2 Å². The first kappa shape index (κ1) is 13.2. The molecule has 0 aliphatic carbocycles. The average molecular weight is 275 g/mol. The van der Waals surface area contributed by atoms with Crippen LogP contribution in [0, 0.1) is 18.7 Å². The van der Waals surface area contributed by atoms with Gasteiger partial charge in [0.15, 0.2) is 0 Å². The molecule has 1 fully saturated rings. The van der Waals surface area contributed by atoms with E-state index in [2.05, 4.69) is 15.5 Å². The fraction of sp³-hybridized carbons (Fsp3) is 0.467. The van der Waals surface area contributed by atoms with E-state index in [1.165, 1.54) is 12.1 Å². The number of piperidine rings is 1. The second-order valence-corrected chi connectivity index (χ2v) is 5.37. The molecule has 1 saturated heterocycles. The van der Waals surface area contributed by atoms with Crippen molar-refractivity contribution in [1.29, 1.82) is 0 Å². The van der Waals surface area contributed by atoms with Crippen LogP contribution in [0.1, 0.15) is 24.3 Å². The molecular weight excluding hydrogens is 257 g/mol. The van der Waals surface area contributed by atoms with E-state index in [1.54, 1.807) is 6.07 Å². The molecule has 5 heteroatoms. The minimum atomic E-state index is -0.246. The molecule has 106 valence electrons. The van der Waals surface area contributed by atoms with E-state index in [4.69, 9.17) is 4.52 Å². The molecule has 2 heterocycles. The Morgan fingerprint density at radius 1 is 1.35 bits per heavy atom. The molecule has 0 amide bonds. The first-order valence-corrected chi connectivity index (χ1v) is 7.02. The third-order valence-electron chi connectivity index (χ3n) is 3.82. The first-order chi connectivity index (χ1) is 9.72. The smallest absolute Gasteiger partial charge is 0.227 e. The molecule has 2 aromatic rings. The summed E-state index contributed by atoms with van der Waals surface area (Å²) in [6.07, 6.45) is 3.12. The van der Waals surface area contributed by atoms with Crippen LogP contribution in [0.15, 0.2) is 22.7 Å². The van der Waals surface area contributed by atoms with Gasteiger partial charge in [0.2, 0.25) is 11.7 Å². The Morgan fingerprint density at radius 2 is 2.15 bits per heavy atom. The monoisotopic (exact) mass is 275 g/mol. The first-order valence-electron chi connectivity index (χ1n) is 7.02. The fourth-order valence-electron chi connectivity index (χ4n) is 2.66. The van der Waals surface area contributed by atoms with Crippen molar-refractivity contribution in [1.82, 2.24) is 15.5 Å². The van der Waals surface area contributed by atoms with E-state index < -0.39 is 0 Å². The topological polar surface area (TPSA) is 51.0 Å². The van der Waals surface area contributed by atoms with Gasteiger partial charge in [-0.1, -0.05) is 5.16 Å². The maximum Gasteiger partial charge on any atom is 0.227 e. The molecule has 0 unspecified atom stereocenters. The van der Waals surface area contributed by atoms with Crippen LogP contribution in [0.25, 0.3) is 11.4 Å². The quantitative estimate of drug-likeness (QED) is 0.935. The maximum atomic E-state index is 13.1. The molecule has 0 radical (unpaired) electrons. The summed E-state index contributed by atoms with van der Waals surface area (Å²) in [5.74, 6) is 1.59. The molecular formula is C15H18FN3O. The van der Waals surface area contributed by atoms with E-state index in [0.717, 1.165) is 43.5 Å². The van der Waals surface area contributed by atoms with Crippen molar-refractivity contribution < 1.29 is 8.91 Å². The highest BCUT2D eigenvalue weighted by molar-refractivity contribution is 5.59. The minimum absolute atomic E-state index is 0.246. The zero-order chi connectivity index (χ0) is 13.9. The van der Waals surface area contributed by atoms with E-state index in [1.807, 2.05) is 6.92 Å². The van der Waals surface area contributed by atoms with Gasteiger partial charge in [-0.2, -0.15) is 4.98 Å². The summed E-state index contributed by atoms with van der Waals surface area (Å²) in [5, 5.41) is 7.36. The Bertz CT molecular complexity index is 591. The van der Waals surface area contributed by atoms with E-state index >= 15 is 0 Å². The molecule has 1 aromatic carbocycles. The lowest BCUT2D eigenvalue weighted by Gasteiger charge is -2.20. The lowest BCUT2D eigenvalue weighted by molar-refractivity contribution is 0.313. The third kappa shape index (κ3) is 2.88. The molecule has 1 aliphatic heterocycles. The van der Waals surface area contributed by atoms with Crippen LogP contribution >= 0.6 is 0 Å². The summed E-state index contributed by atoms with van der Waals surface area (Å²) in [6, 6.07) is 4.60. The van der Waals surface area contributed by atoms with E-state index in [9.17, 15) is 4.39 Å². The molecule has 0 atom stereocenters. The Kier molecular flexibility index (Phi) is 3.78. The summed E-state index contributed by atoms with van der Waals surface area (Å²) in [4.78, 5) is 4.44. The predicted octanol–water partition coefficient (Wildman–Crippen LogP) is 2.73. The van der Waals surface area contributed by atoms with Crippen molar-refractivity contribution >= 4 is 0 Å². The van der Waals surface area contributed by atoms with Crippen LogP contribution in [-0.4, -0.2) is 23.2 Å². The molecule has 0 saturated carbocycles. The fourth-order valence-corrected chi connectivity index (χ4v) is 2.66. The molecule has 20 heavy (non-hydrogen) atoms. The number of aryl methyl sites for hydroxylation is 1. The van der Waals surface area contributed by atoms with Gasteiger partial charge < -0.3 is 9.84 Å². The predicted molar refractivity (Wildman–Crippen MR) is 73.7 cm³/mol. The molecule has 1 aliphatic rings. The van der Waals surface area contributed by atoms with Gasteiger partial charge in [-0.05, 0) is 62.5 Å². The number of hydrogen-bond donors (Lipinski definition) is 1. The van der Waals surface area contributed by atoms with Crippen LogP contribution in [0.2, 0.25) is 0 Å². The van der Waals surface area contributed by atoms with Gasteiger partial charge in [0.1, 0.15) is 5.82 Å². The lowest BCUT2D eigenvalue weighted by Crippen LogP contribution is -2.28. The van der Waals surface area contributed by atoms with Gasteiger partial charge in [0.25, 0.3) is 0 Å². The average Bonchev–Trinajstić information content (AvgIpc) is 2.88. The number of hydrogen-bond acceptors (Lipinski definition) is 4. The van der Waals surface area contributed by atoms with Gasteiger partial charge in [-0.25, -0.2) is 4.39 Å². The van der Waals surface area contributed by atoms with Crippen LogP contribution in [0.5, 0.6) is 0 Å². The Balaban J connectivity index is 1.75. The van der Waals surface area contributed by atoms with Gasteiger partial charge in [-0.3, -0.25) is 0 Å². The molecule has 0 spiro atoms. The molecule has 1 N–H and O–H groups in total. The van der Waals surface area contributed by atoms with Crippen molar-refractivity contribution in [3.8, 4) is 11.4 Å². The largest absolute Gasteiger partial charge is 0.339 e. The van der Waals surface area contributed by atoms with Crippen molar-refractivity contribution in [2.75, 3.05) is 13.1 Å². The standard InChI is InChI=1S/C15H18FN3O/c1-10-8-12(16)2-3-13(10)15-18-14(20-19-15)9-11-4-6-17-7-5-11/h2-3,8,11,17H,4-7,9H2,1H3. The Morgan fingerprint density at radius 3 is 2.90 bits per heavy atom. The molecule has 0 bridgehead atoms. The van der Waals surface area contributed by atoms with Crippen molar-refractivity contribution in [3.05, 3.63) is 35.5 Å². The van der Waals surface area contributed by atoms with Crippen LogP contribution in [0.4, 0.5) is 4.39 Å². The highest BCUT2D eigenvalue weighted by atomic mass is 19.1. The number of halogens is 1. The summed E-state index contributed by atoms with van der Waals surface area (Å²) in [6.45, 7) is 3.96. The normalized spacial score (nSPS) is 16.5. The number of aromatic nitrogens is 2. The molecule has 4 nitrogen and oxygen atoms in total. The third-order valence-corrected chi connectivity index (χ3v) is 3.82. The van der Waals surface area contributed by atoms with E-state index in [-0.39, 0.29) is 5.82 Å². The van der Waals surface area contributed by atoms with E-state index in [0.29, 0.717) is 17.6 Å². The highest BCUT2D eigenvalue weighted by Gasteiger charge is 2.18. The zero-order valence-corrected chi connectivity index (χ0v) is 11.5. The van der Waals surface area contributed by atoms with Crippen LogP contribution in [-0.2, 0) is 6.42 Å². The van der Waals surface area contributed by atoms with Crippen LogP contribution in [0.3, 0.4) is 0 Å². The second-order valence-electron chi connectivity index (χ2n) is 5.37. The molecule has 1 aromatic heterocycles. The minimum Gasteiger partial charge on any atom is -0.339 e. The van der Waals surface area contributed by atoms with Gasteiger partial charge >= 0.3 is 0 Å². The SMILES string of the molecule is Cc1cc(F)ccc1-c1noc(CC2CCNCC2)n1. The van der Waals surface area contributed by atoms with Gasteiger partial charge in [-0.15, -0.1) is 0 Å². The number of rotatable bonds is 3. The molecule has 3 rings (SSSR count).